The van der Waals surface area contributed by atoms with Crippen molar-refractivity contribution in [2.45, 2.75) is 51.6 Å². The minimum atomic E-state index is -0.194. The van der Waals surface area contributed by atoms with Crippen LogP contribution < -0.4 is 5.32 Å². The molecule has 2 heterocycles. The fraction of sp³-hybridized carbons (Fsp3) is 0.355. The van der Waals surface area contributed by atoms with Gasteiger partial charge in [-0.3, -0.25) is 4.79 Å². The van der Waals surface area contributed by atoms with Crippen molar-refractivity contribution in [1.29, 1.82) is 0 Å². The highest BCUT2D eigenvalue weighted by Crippen LogP contribution is 2.38. The smallest absolute Gasteiger partial charge is 0.287 e. The summed E-state index contributed by atoms with van der Waals surface area (Å²) < 4.78 is 8.45. The maximum absolute atomic E-state index is 12.9. The summed E-state index contributed by atoms with van der Waals surface area (Å²) in [4.78, 5) is 19.9. The number of likely N-dealkylation sites (N-methyl/N-ethyl adjacent to an activating group) is 1. The third-order valence-electron chi connectivity index (χ3n) is 7.22. The van der Waals surface area contributed by atoms with E-state index in [2.05, 4.69) is 65.2 Å². The Hall–Kier alpha value is -3.64. The molecule has 1 aliphatic rings. The van der Waals surface area contributed by atoms with Crippen molar-refractivity contribution >= 4 is 5.91 Å². The zero-order valence-corrected chi connectivity index (χ0v) is 21.8. The van der Waals surface area contributed by atoms with Gasteiger partial charge in [-0.05, 0) is 44.5 Å². The summed E-state index contributed by atoms with van der Waals surface area (Å²) in [6, 6.07) is 22.8. The van der Waals surface area contributed by atoms with Crippen molar-refractivity contribution in [3.05, 3.63) is 89.9 Å². The molecule has 0 radical (unpaired) electrons. The molecule has 0 saturated heterocycles. The molecule has 2 aromatic carbocycles. The van der Waals surface area contributed by atoms with Crippen molar-refractivity contribution in [3.8, 4) is 22.7 Å². The van der Waals surface area contributed by atoms with E-state index in [4.69, 9.17) is 9.40 Å². The van der Waals surface area contributed by atoms with E-state index in [-0.39, 0.29) is 5.91 Å². The number of imidazole rings is 1. The molecule has 1 amide bonds. The van der Waals surface area contributed by atoms with Crippen molar-refractivity contribution in [2.75, 3.05) is 20.1 Å². The summed E-state index contributed by atoms with van der Waals surface area (Å²) in [7, 11) is 2.06. The van der Waals surface area contributed by atoms with E-state index < -0.39 is 0 Å². The van der Waals surface area contributed by atoms with E-state index >= 15 is 0 Å². The second-order valence-corrected chi connectivity index (χ2v) is 10.2. The Labute approximate surface area is 219 Å². The second kappa shape index (κ2) is 11.6. The highest BCUT2D eigenvalue weighted by atomic mass is 16.4. The average Bonchev–Trinajstić information content (AvgIpc) is 3.58. The predicted molar refractivity (Wildman–Crippen MR) is 147 cm³/mol. The number of carbonyl (C=O) groups is 1. The van der Waals surface area contributed by atoms with Gasteiger partial charge in [-0.1, -0.05) is 79.4 Å². The standard InChI is InChI=1S/C31H36N4O2/c1-23-13-15-25(16-14-23)29-30(35(22-33-29)26-11-7-4-8-12-26)27-17-18-28(37-27)31(36)32-19-20-34(2)21-24-9-5-3-6-10-24/h3,5-6,9-10,13-18,22,26H,4,7-8,11-12,19-21H2,1-2H3,(H,32,36). The fourth-order valence-corrected chi connectivity index (χ4v) is 5.17. The van der Waals surface area contributed by atoms with Crippen LogP contribution in [0, 0.1) is 6.92 Å². The molecule has 0 bridgehead atoms. The molecule has 2 aromatic heterocycles. The van der Waals surface area contributed by atoms with Crippen LogP contribution in [0.1, 0.15) is 59.8 Å². The number of amides is 1. The van der Waals surface area contributed by atoms with Crippen LogP contribution in [0.3, 0.4) is 0 Å². The summed E-state index contributed by atoms with van der Waals surface area (Å²) in [6.07, 6.45) is 7.98. The Morgan fingerprint density at radius 1 is 1.03 bits per heavy atom. The first-order valence-electron chi connectivity index (χ1n) is 13.3. The first-order valence-corrected chi connectivity index (χ1v) is 13.3. The number of nitrogens with zero attached hydrogens (tertiary/aromatic N) is 3. The van der Waals surface area contributed by atoms with Gasteiger partial charge >= 0.3 is 0 Å². The molecular formula is C31H36N4O2. The first kappa shape index (κ1) is 25.0. The highest BCUT2D eigenvalue weighted by Gasteiger charge is 2.25. The molecule has 1 aliphatic carbocycles. The quantitative estimate of drug-likeness (QED) is 0.288. The molecule has 1 N–H and O–H groups in total. The molecule has 1 fully saturated rings. The lowest BCUT2D eigenvalue weighted by atomic mass is 9.95. The van der Waals surface area contributed by atoms with Crippen LogP contribution in [-0.4, -0.2) is 40.5 Å². The first-order chi connectivity index (χ1) is 18.1. The molecule has 192 valence electrons. The second-order valence-electron chi connectivity index (χ2n) is 10.2. The molecule has 37 heavy (non-hydrogen) atoms. The van der Waals surface area contributed by atoms with Crippen molar-refractivity contribution < 1.29 is 9.21 Å². The van der Waals surface area contributed by atoms with Crippen molar-refractivity contribution in [1.82, 2.24) is 19.8 Å². The number of hydrogen-bond donors (Lipinski definition) is 1. The van der Waals surface area contributed by atoms with Gasteiger partial charge in [-0.2, -0.15) is 0 Å². The Kier molecular flexibility index (Phi) is 7.85. The molecular weight excluding hydrogens is 460 g/mol. The molecule has 0 aliphatic heterocycles. The monoisotopic (exact) mass is 496 g/mol. The number of carbonyl (C=O) groups excluding carboxylic acids is 1. The summed E-state index contributed by atoms with van der Waals surface area (Å²) >= 11 is 0. The van der Waals surface area contributed by atoms with Crippen LogP contribution in [0.4, 0.5) is 0 Å². The molecule has 6 nitrogen and oxygen atoms in total. The Morgan fingerprint density at radius 3 is 2.54 bits per heavy atom. The van der Waals surface area contributed by atoms with Crippen LogP contribution in [0.15, 0.2) is 77.5 Å². The summed E-state index contributed by atoms with van der Waals surface area (Å²) in [6.45, 7) is 4.23. The number of nitrogens with one attached hydrogen (secondary N) is 1. The van der Waals surface area contributed by atoms with E-state index in [1.165, 1.54) is 30.4 Å². The van der Waals surface area contributed by atoms with Gasteiger partial charge in [-0.15, -0.1) is 0 Å². The Balaban J connectivity index is 1.31. The van der Waals surface area contributed by atoms with Gasteiger partial charge in [-0.25, -0.2) is 4.98 Å². The minimum absolute atomic E-state index is 0.194. The third-order valence-corrected chi connectivity index (χ3v) is 7.22. The van der Waals surface area contributed by atoms with E-state index in [1.807, 2.05) is 30.6 Å². The molecule has 0 unspecified atom stereocenters. The molecule has 0 spiro atoms. The fourth-order valence-electron chi connectivity index (χ4n) is 5.17. The van der Waals surface area contributed by atoms with E-state index in [0.29, 0.717) is 24.1 Å². The SMILES string of the molecule is Cc1ccc(-c2ncn(C3CCCCC3)c2-c2ccc(C(=O)NCCN(C)Cc3ccccc3)o2)cc1. The van der Waals surface area contributed by atoms with Gasteiger partial charge < -0.3 is 19.2 Å². The third kappa shape index (κ3) is 6.03. The van der Waals surface area contributed by atoms with Crippen molar-refractivity contribution in [3.63, 3.8) is 0 Å². The average molecular weight is 497 g/mol. The lowest BCUT2D eigenvalue weighted by Gasteiger charge is -2.24. The van der Waals surface area contributed by atoms with Gasteiger partial charge in [0, 0.05) is 31.2 Å². The maximum atomic E-state index is 12.9. The van der Waals surface area contributed by atoms with Crippen LogP contribution >= 0.6 is 0 Å². The number of aromatic nitrogens is 2. The molecule has 5 rings (SSSR count). The van der Waals surface area contributed by atoms with Gasteiger partial charge in [0.1, 0.15) is 5.69 Å². The number of aryl methyl sites for hydroxylation is 1. The van der Waals surface area contributed by atoms with Crippen LogP contribution in [-0.2, 0) is 6.54 Å². The number of benzene rings is 2. The lowest BCUT2D eigenvalue weighted by molar-refractivity contribution is 0.0922. The molecule has 4 aromatic rings. The largest absolute Gasteiger partial charge is 0.449 e. The highest BCUT2D eigenvalue weighted by molar-refractivity contribution is 5.92. The van der Waals surface area contributed by atoms with Gasteiger partial charge in [0.2, 0.25) is 0 Å². The molecule has 1 saturated carbocycles. The molecule has 6 heteroatoms. The van der Waals surface area contributed by atoms with E-state index in [1.54, 1.807) is 6.07 Å². The molecule has 0 atom stereocenters. The van der Waals surface area contributed by atoms with E-state index in [9.17, 15) is 4.79 Å². The number of furan rings is 1. The zero-order chi connectivity index (χ0) is 25.6. The maximum Gasteiger partial charge on any atom is 0.287 e. The van der Waals surface area contributed by atoms with Crippen molar-refractivity contribution in [2.24, 2.45) is 0 Å². The van der Waals surface area contributed by atoms with E-state index in [0.717, 1.165) is 42.9 Å². The van der Waals surface area contributed by atoms with Crippen LogP contribution in [0.2, 0.25) is 0 Å². The lowest BCUT2D eigenvalue weighted by Crippen LogP contribution is -2.32. The number of rotatable bonds is 9. The Bertz CT molecular complexity index is 1300. The van der Waals surface area contributed by atoms with Gasteiger partial charge in [0.05, 0.1) is 12.0 Å². The normalized spacial score (nSPS) is 14.2. The zero-order valence-electron chi connectivity index (χ0n) is 21.8. The summed E-state index contributed by atoms with van der Waals surface area (Å²) in [5, 5.41) is 3.01. The van der Waals surface area contributed by atoms with Gasteiger partial charge in [0.25, 0.3) is 5.91 Å². The topological polar surface area (TPSA) is 63.3 Å². The Morgan fingerprint density at radius 2 is 1.78 bits per heavy atom. The van der Waals surface area contributed by atoms with Crippen LogP contribution in [0.5, 0.6) is 0 Å². The summed E-state index contributed by atoms with van der Waals surface area (Å²) in [5.74, 6) is 0.817. The van der Waals surface area contributed by atoms with Gasteiger partial charge in [0.15, 0.2) is 11.5 Å². The number of hydrogen-bond acceptors (Lipinski definition) is 4. The predicted octanol–water partition coefficient (Wildman–Crippen LogP) is 6.49. The summed E-state index contributed by atoms with van der Waals surface area (Å²) in [5.41, 5.74) is 5.38. The van der Waals surface area contributed by atoms with Crippen LogP contribution in [0.25, 0.3) is 22.7 Å². The minimum Gasteiger partial charge on any atom is -0.449 e.